The largest absolute Gasteiger partial charge is 0.384 e. The standard InChI is InChI=1S/C11H14Cl3NO/c1-7(6-16-2)5-15-11-9(13)3-8(12)4-10(11)14/h3-4,7,15H,5-6H2,1-2H3. The fraction of sp³-hybridized carbons (Fsp3) is 0.455. The molecule has 1 N–H and O–H groups in total. The molecule has 0 aliphatic heterocycles. The molecule has 16 heavy (non-hydrogen) atoms. The summed E-state index contributed by atoms with van der Waals surface area (Å²) < 4.78 is 5.04. The van der Waals surface area contributed by atoms with E-state index < -0.39 is 0 Å². The van der Waals surface area contributed by atoms with E-state index in [1.54, 1.807) is 19.2 Å². The zero-order valence-corrected chi connectivity index (χ0v) is 11.5. The Morgan fingerprint density at radius 3 is 2.31 bits per heavy atom. The van der Waals surface area contributed by atoms with Crippen molar-refractivity contribution in [1.29, 1.82) is 0 Å². The first-order valence-corrected chi connectivity index (χ1v) is 6.05. The molecule has 1 rings (SSSR count). The number of anilines is 1. The first kappa shape index (κ1) is 13.9. The van der Waals surface area contributed by atoms with E-state index in [2.05, 4.69) is 12.2 Å². The molecule has 0 spiro atoms. The van der Waals surface area contributed by atoms with Crippen molar-refractivity contribution in [3.05, 3.63) is 27.2 Å². The van der Waals surface area contributed by atoms with Gasteiger partial charge in [-0.1, -0.05) is 41.7 Å². The minimum absolute atomic E-state index is 0.382. The summed E-state index contributed by atoms with van der Waals surface area (Å²) in [6, 6.07) is 3.33. The van der Waals surface area contributed by atoms with Crippen LogP contribution in [0.5, 0.6) is 0 Å². The van der Waals surface area contributed by atoms with Crippen molar-refractivity contribution in [2.24, 2.45) is 5.92 Å². The average Bonchev–Trinajstić information content (AvgIpc) is 2.16. The highest BCUT2D eigenvalue weighted by Crippen LogP contribution is 2.33. The molecule has 1 atom stereocenters. The Labute approximate surface area is 111 Å². The minimum atomic E-state index is 0.382. The van der Waals surface area contributed by atoms with Crippen molar-refractivity contribution in [2.45, 2.75) is 6.92 Å². The first-order chi connectivity index (χ1) is 7.54. The third-order valence-corrected chi connectivity index (χ3v) is 2.90. The zero-order chi connectivity index (χ0) is 12.1. The van der Waals surface area contributed by atoms with Crippen LogP contribution in [0.15, 0.2) is 12.1 Å². The van der Waals surface area contributed by atoms with E-state index in [1.807, 2.05) is 0 Å². The number of rotatable bonds is 5. The van der Waals surface area contributed by atoms with Crippen LogP contribution in [-0.2, 0) is 4.74 Å². The first-order valence-electron chi connectivity index (χ1n) is 4.92. The van der Waals surface area contributed by atoms with Gasteiger partial charge in [-0.2, -0.15) is 0 Å². The van der Waals surface area contributed by atoms with Crippen LogP contribution >= 0.6 is 34.8 Å². The molecule has 0 saturated carbocycles. The van der Waals surface area contributed by atoms with Crippen molar-refractivity contribution in [2.75, 3.05) is 25.6 Å². The van der Waals surface area contributed by atoms with Gasteiger partial charge in [0.2, 0.25) is 0 Å². The van der Waals surface area contributed by atoms with Crippen LogP contribution in [0.25, 0.3) is 0 Å². The van der Waals surface area contributed by atoms with Crippen molar-refractivity contribution in [1.82, 2.24) is 0 Å². The Morgan fingerprint density at radius 2 is 1.81 bits per heavy atom. The summed E-state index contributed by atoms with van der Waals surface area (Å²) in [5.41, 5.74) is 0.718. The maximum atomic E-state index is 6.03. The lowest BCUT2D eigenvalue weighted by Gasteiger charge is -2.15. The third-order valence-electron chi connectivity index (χ3n) is 2.09. The van der Waals surface area contributed by atoms with Gasteiger partial charge in [0.25, 0.3) is 0 Å². The van der Waals surface area contributed by atoms with Crippen LogP contribution in [0.4, 0.5) is 5.69 Å². The molecule has 0 aromatic heterocycles. The molecule has 1 unspecified atom stereocenters. The van der Waals surface area contributed by atoms with E-state index in [4.69, 9.17) is 39.5 Å². The molecule has 0 saturated heterocycles. The molecular weight excluding hydrogens is 268 g/mol. The van der Waals surface area contributed by atoms with Gasteiger partial charge in [-0.3, -0.25) is 0 Å². The van der Waals surface area contributed by atoms with Crippen LogP contribution in [0, 0.1) is 5.92 Å². The summed E-state index contributed by atoms with van der Waals surface area (Å²) in [4.78, 5) is 0. The van der Waals surface area contributed by atoms with Crippen LogP contribution in [-0.4, -0.2) is 20.3 Å². The van der Waals surface area contributed by atoms with Crippen molar-refractivity contribution in [3.63, 3.8) is 0 Å². The lowest BCUT2D eigenvalue weighted by atomic mass is 10.2. The van der Waals surface area contributed by atoms with E-state index in [0.29, 0.717) is 27.6 Å². The van der Waals surface area contributed by atoms with E-state index in [0.717, 1.165) is 12.2 Å². The lowest BCUT2D eigenvalue weighted by molar-refractivity contribution is 0.164. The number of hydrogen-bond acceptors (Lipinski definition) is 2. The Balaban J connectivity index is 2.67. The lowest BCUT2D eigenvalue weighted by Crippen LogP contribution is -2.16. The second kappa shape index (κ2) is 6.55. The molecule has 0 radical (unpaired) electrons. The van der Waals surface area contributed by atoms with Crippen LogP contribution in [0.2, 0.25) is 15.1 Å². The van der Waals surface area contributed by atoms with Gasteiger partial charge in [0, 0.05) is 18.7 Å². The Morgan fingerprint density at radius 1 is 1.25 bits per heavy atom. The number of benzene rings is 1. The Hall–Kier alpha value is -0.150. The monoisotopic (exact) mass is 281 g/mol. The number of methoxy groups -OCH3 is 1. The van der Waals surface area contributed by atoms with Gasteiger partial charge in [0.05, 0.1) is 22.3 Å². The predicted octanol–water partition coefficient (Wildman–Crippen LogP) is 4.34. The fourth-order valence-electron chi connectivity index (χ4n) is 1.33. The van der Waals surface area contributed by atoms with Crippen molar-refractivity contribution < 1.29 is 4.74 Å². The molecule has 0 amide bonds. The fourth-order valence-corrected chi connectivity index (χ4v) is 2.28. The third kappa shape index (κ3) is 4.02. The SMILES string of the molecule is COCC(C)CNc1c(Cl)cc(Cl)cc1Cl. The molecule has 0 fully saturated rings. The number of ether oxygens (including phenoxy) is 1. The molecule has 1 aromatic rings. The van der Waals surface area contributed by atoms with Gasteiger partial charge in [-0.05, 0) is 18.1 Å². The maximum Gasteiger partial charge on any atom is 0.0720 e. The zero-order valence-electron chi connectivity index (χ0n) is 9.19. The molecule has 0 aliphatic carbocycles. The summed E-state index contributed by atoms with van der Waals surface area (Å²) in [6.07, 6.45) is 0. The molecular formula is C11H14Cl3NO. The highest BCUT2D eigenvalue weighted by Gasteiger charge is 2.09. The maximum absolute atomic E-state index is 6.03. The quantitative estimate of drug-likeness (QED) is 0.867. The Bertz CT molecular complexity index is 334. The smallest absolute Gasteiger partial charge is 0.0720 e. The second-order valence-electron chi connectivity index (χ2n) is 3.69. The van der Waals surface area contributed by atoms with Crippen LogP contribution in [0.1, 0.15) is 6.92 Å². The number of hydrogen-bond donors (Lipinski definition) is 1. The summed E-state index contributed by atoms with van der Waals surface area (Å²) in [5.74, 6) is 0.382. The molecule has 90 valence electrons. The summed E-state index contributed by atoms with van der Waals surface area (Å²) in [7, 11) is 1.68. The van der Waals surface area contributed by atoms with Gasteiger partial charge in [-0.15, -0.1) is 0 Å². The van der Waals surface area contributed by atoms with Gasteiger partial charge in [-0.25, -0.2) is 0 Å². The van der Waals surface area contributed by atoms with Gasteiger partial charge in [0.15, 0.2) is 0 Å². The Kier molecular flexibility index (Phi) is 5.70. The van der Waals surface area contributed by atoms with Crippen LogP contribution < -0.4 is 5.32 Å². The molecule has 2 nitrogen and oxygen atoms in total. The van der Waals surface area contributed by atoms with E-state index in [-0.39, 0.29) is 0 Å². The van der Waals surface area contributed by atoms with Gasteiger partial charge < -0.3 is 10.1 Å². The molecule has 1 aromatic carbocycles. The minimum Gasteiger partial charge on any atom is -0.384 e. The molecule has 0 aliphatic rings. The summed E-state index contributed by atoms with van der Waals surface area (Å²) in [5, 5.41) is 4.78. The molecule has 0 heterocycles. The highest BCUT2D eigenvalue weighted by atomic mass is 35.5. The number of nitrogens with one attached hydrogen (secondary N) is 1. The van der Waals surface area contributed by atoms with E-state index >= 15 is 0 Å². The number of halogens is 3. The van der Waals surface area contributed by atoms with E-state index in [9.17, 15) is 0 Å². The highest BCUT2D eigenvalue weighted by molar-refractivity contribution is 6.41. The van der Waals surface area contributed by atoms with Gasteiger partial charge >= 0.3 is 0 Å². The predicted molar refractivity (Wildman–Crippen MR) is 71.0 cm³/mol. The second-order valence-corrected chi connectivity index (χ2v) is 4.94. The summed E-state index contributed by atoms with van der Waals surface area (Å²) >= 11 is 17.9. The molecule has 0 bridgehead atoms. The van der Waals surface area contributed by atoms with Crippen LogP contribution in [0.3, 0.4) is 0 Å². The summed E-state index contributed by atoms with van der Waals surface area (Å²) in [6.45, 7) is 3.51. The van der Waals surface area contributed by atoms with Crippen molar-refractivity contribution in [3.8, 4) is 0 Å². The molecule has 5 heteroatoms. The average molecular weight is 283 g/mol. The van der Waals surface area contributed by atoms with Gasteiger partial charge in [0.1, 0.15) is 0 Å². The van der Waals surface area contributed by atoms with Crippen molar-refractivity contribution >= 4 is 40.5 Å². The van der Waals surface area contributed by atoms with E-state index in [1.165, 1.54) is 0 Å². The normalized spacial score (nSPS) is 12.6. The topological polar surface area (TPSA) is 21.3 Å².